The van der Waals surface area contributed by atoms with E-state index in [2.05, 4.69) is 11.4 Å². The van der Waals surface area contributed by atoms with Crippen molar-refractivity contribution in [3.8, 4) is 6.07 Å². The zero-order chi connectivity index (χ0) is 11.6. The van der Waals surface area contributed by atoms with Gasteiger partial charge in [0.1, 0.15) is 5.82 Å². The van der Waals surface area contributed by atoms with Crippen LogP contribution in [0, 0.1) is 29.5 Å². The molecule has 0 radical (unpaired) electrons. The van der Waals surface area contributed by atoms with Gasteiger partial charge in [-0.2, -0.15) is 5.26 Å². The van der Waals surface area contributed by atoms with Crippen molar-refractivity contribution in [2.45, 2.75) is 26.2 Å². The Labute approximate surface area is 95.1 Å². The molecule has 0 heterocycles. The van der Waals surface area contributed by atoms with Gasteiger partial charge < -0.3 is 5.32 Å². The first-order valence-corrected chi connectivity index (χ1v) is 5.53. The van der Waals surface area contributed by atoms with Crippen LogP contribution in [0.2, 0.25) is 0 Å². The average molecular weight is 218 g/mol. The Kier molecular flexibility index (Phi) is 2.82. The third-order valence-electron chi connectivity index (χ3n) is 3.27. The smallest absolute Gasteiger partial charge is 0.146 e. The Morgan fingerprint density at radius 3 is 2.81 bits per heavy atom. The number of nitrogens with one attached hydrogen (secondary N) is 1. The molecule has 0 amide bonds. The number of benzene rings is 1. The number of aryl methyl sites for hydroxylation is 1. The number of hydrogen-bond acceptors (Lipinski definition) is 2. The molecule has 16 heavy (non-hydrogen) atoms. The second-order valence-electron chi connectivity index (χ2n) is 4.62. The summed E-state index contributed by atoms with van der Waals surface area (Å²) in [7, 11) is 0. The highest BCUT2D eigenvalue weighted by Crippen LogP contribution is 2.48. The van der Waals surface area contributed by atoms with Gasteiger partial charge in [-0.25, -0.2) is 4.39 Å². The summed E-state index contributed by atoms with van der Waals surface area (Å²) in [6.45, 7) is 2.58. The summed E-state index contributed by atoms with van der Waals surface area (Å²) in [5.41, 5.74) is 1.59. The van der Waals surface area contributed by atoms with E-state index in [0.717, 1.165) is 18.4 Å². The second kappa shape index (κ2) is 4.13. The number of anilines is 1. The molecule has 2 nitrogen and oxygen atoms in total. The van der Waals surface area contributed by atoms with E-state index < -0.39 is 0 Å². The molecule has 0 spiro atoms. The maximum Gasteiger partial charge on any atom is 0.146 e. The lowest BCUT2D eigenvalue weighted by Crippen LogP contribution is -2.16. The molecule has 3 heteroatoms. The minimum Gasteiger partial charge on any atom is -0.382 e. The van der Waals surface area contributed by atoms with Gasteiger partial charge in [0.05, 0.1) is 11.8 Å². The number of halogens is 1. The van der Waals surface area contributed by atoms with Gasteiger partial charge in [-0.05, 0) is 31.4 Å². The molecule has 1 saturated carbocycles. The van der Waals surface area contributed by atoms with Gasteiger partial charge in [0.2, 0.25) is 0 Å². The fourth-order valence-corrected chi connectivity index (χ4v) is 1.89. The van der Waals surface area contributed by atoms with Crippen LogP contribution in [0.4, 0.5) is 10.1 Å². The van der Waals surface area contributed by atoms with Crippen LogP contribution in [0.15, 0.2) is 18.2 Å². The molecule has 0 unspecified atom stereocenters. The van der Waals surface area contributed by atoms with Gasteiger partial charge in [0, 0.05) is 18.4 Å². The quantitative estimate of drug-likeness (QED) is 0.842. The first-order chi connectivity index (χ1) is 7.67. The Morgan fingerprint density at radius 1 is 1.50 bits per heavy atom. The van der Waals surface area contributed by atoms with Gasteiger partial charge in [0.25, 0.3) is 0 Å². The predicted molar refractivity (Wildman–Crippen MR) is 61.5 cm³/mol. The van der Waals surface area contributed by atoms with Crippen LogP contribution in [-0.4, -0.2) is 6.54 Å². The normalized spacial score (nSPS) is 16.6. The standard InChI is InChI=1S/C13H15FN2/c1-10-3-2-4-11(14)12(10)16-9-13(5-6-13)7-8-15/h2-4,16H,5-7,9H2,1H3. The molecule has 0 bridgehead atoms. The van der Waals surface area contributed by atoms with Crippen LogP contribution in [0.1, 0.15) is 24.8 Å². The van der Waals surface area contributed by atoms with E-state index in [4.69, 9.17) is 5.26 Å². The molecule has 0 aromatic heterocycles. The summed E-state index contributed by atoms with van der Waals surface area (Å²) in [6, 6.07) is 7.25. The first-order valence-electron chi connectivity index (χ1n) is 5.53. The van der Waals surface area contributed by atoms with Gasteiger partial charge in [-0.3, -0.25) is 0 Å². The van der Waals surface area contributed by atoms with E-state index in [1.807, 2.05) is 13.0 Å². The van der Waals surface area contributed by atoms with Gasteiger partial charge in [-0.15, -0.1) is 0 Å². The van der Waals surface area contributed by atoms with Crippen LogP contribution >= 0.6 is 0 Å². The van der Waals surface area contributed by atoms with Crippen molar-refractivity contribution in [3.63, 3.8) is 0 Å². The largest absolute Gasteiger partial charge is 0.382 e. The fraction of sp³-hybridized carbons (Fsp3) is 0.462. The van der Waals surface area contributed by atoms with Crippen LogP contribution in [0.25, 0.3) is 0 Å². The molecule has 0 saturated heterocycles. The Hall–Kier alpha value is -1.56. The van der Waals surface area contributed by atoms with Gasteiger partial charge in [0.15, 0.2) is 0 Å². The topological polar surface area (TPSA) is 35.8 Å². The maximum absolute atomic E-state index is 13.5. The van der Waals surface area contributed by atoms with Crippen molar-refractivity contribution < 1.29 is 4.39 Å². The molecule has 0 aliphatic heterocycles. The predicted octanol–water partition coefficient (Wildman–Crippen LogP) is 3.24. The third-order valence-corrected chi connectivity index (χ3v) is 3.27. The Balaban J connectivity index is 2.03. The number of para-hydroxylation sites is 1. The average Bonchev–Trinajstić information content (AvgIpc) is 2.98. The van der Waals surface area contributed by atoms with Crippen molar-refractivity contribution in [3.05, 3.63) is 29.6 Å². The summed E-state index contributed by atoms with van der Waals surface area (Å²) in [5, 5.41) is 11.8. The van der Waals surface area contributed by atoms with E-state index >= 15 is 0 Å². The molecule has 0 atom stereocenters. The highest BCUT2D eigenvalue weighted by molar-refractivity contribution is 5.52. The van der Waals surface area contributed by atoms with Crippen molar-refractivity contribution >= 4 is 5.69 Å². The molecule has 1 aromatic rings. The Bertz CT molecular complexity index is 410. The summed E-state index contributed by atoms with van der Waals surface area (Å²) in [5.74, 6) is -0.215. The molecule has 1 aliphatic carbocycles. The lowest BCUT2D eigenvalue weighted by Gasteiger charge is -2.15. The molecule has 2 rings (SSSR count). The van der Waals surface area contributed by atoms with Crippen LogP contribution in [-0.2, 0) is 0 Å². The van der Waals surface area contributed by atoms with Gasteiger partial charge >= 0.3 is 0 Å². The monoisotopic (exact) mass is 218 g/mol. The minimum absolute atomic E-state index is 0.101. The number of nitrogens with zero attached hydrogens (tertiary/aromatic N) is 1. The number of nitriles is 1. The van der Waals surface area contributed by atoms with E-state index in [1.54, 1.807) is 6.07 Å². The molecular weight excluding hydrogens is 203 g/mol. The van der Waals surface area contributed by atoms with Gasteiger partial charge in [-0.1, -0.05) is 12.1 Å². The highest BCUT2D eigenvalue weighted by atomic mass is 19.1. The van der Waals surface area contributed by atoms with E-state index in [0.29, 0.717) is 18.7 Å². The van der Waals surface area contributed by atoms with E-state index in [9.17, 15) is 4.39 Å². The van der Waals surface area contributed by atoms with Crippen LogP contribution in [0.5, 0.6) is 0 Å². The molecule has 1 aliphatic rings. The summed E-state index contributed by atoms with van der Waals surface area (Å²) < 4.78 is 13.5. The lowest BCUT2D eigenvalue weighted by molar-refractivity contribution is 0.552. The highest BCUT2D eigenvalue weighted by Gasteiger charge is 2.42. The second-order valence-corrected chi connectivity index (χ2v) is 4.62. The zero-order valence-electron chi connectivity index (χ0n) is 9.39. The summed E-state index contributed by atoms with van der Waals surface area (Å²) >= 11 is 0. The van der Waals surface area contributed by atoms with Crippen molar-refractivity contribution in [2.24, 2.45) is 5.41 Å². The Morgan fingerprint density at radius 2 is 2.25 bits per heavy atom. The van der Waals surface area contributed by atoms with Crippen molar-refractivity contribution in [1.82, 2.24) is 0 Å². The third kappa shape index (κ3) is 2.16. The molecule has 84 valence electrons. The summed E-state index contributed by atoms with van der Waals surface area (Å²) in [4.78, 5) is 0. The van der Waals surface area contributed by atoms with Crippen LogP contribution in [0.3, 0.4) is 0 Å². The van der Waals surface area contributed by atoms with Crippen molar-refractivity contribution in [1.29, 1.82) is 5.26 Å². The molecule has 1 N–H and O–H groups in total. The molecular formula is C13H15FN2. The van der Waals surface area contributed by atoms with Crippen molar-refractivity contribution in [2.75, 3.05) is 11.9 Å². The number of rotatable bonds is 4. The zero-order valence-corrected chi connectivity index (χ0v) is 9.39. The minimum atomic E-state index is -0.215. The SMILES string of the molecule is Cc1cccc(F)c1NCC1(CC#N)CC1. The molecule has 1 aromatic carbocycles. The maximum atomic E-state index is 13.5. The molecule has 1 fully saturated rings. The fourth-order valence-electron chi connectivity index (χ4n) is 1.89. The summed E-state index contributed by atoms with van der Waals surface area (Å²) in [6.07, 6.45) is 2.70. The lowest BCUT2D eigenvalue weighted by atomic mass is 10.0. The first kappa shape index (κ1) is 10.9. The number of hydrogen-bond donors (Lipinski definition) is 1. The van der Waals surface area contributed by atoms with E-state index in [-0.39, 0.29) is 11.2 Å². The van der Waals surface area contributed by atoms with E-state index in [1.165, 1.54) is 6.07 Å². The van der Waals surface area contributed by atoms with Crippen LogP contribution < -0.4 is 5.32 Å².